The second-order valence-corrected chi connectivity index (χ2v) is 5.43. The van der Waals surface area contributed by atoms with E-state index in [1.54, 1.807) is 0 Å². The van der Waals surface area contributed by atoms with Gasteiger partial charge in [-0.15, -0.1) is 0 Å². The van der Waals surface area contributed by atoms with Gasteiger partial charge >= 0.3 is 0 Å². The Morgan fingerprint density at radius 2 is 2.00 bits per heavy atom. The van der Waals surface area contributed by atoms with Gasteiger partial charge in [0.05, 0.1) is 12.2 Å². The molecule has 3 rings (SSSR count). The maximum absolute atomic E-state index is 6.06. The maximum atomic E-state index is 6.06. The molecule has 0 radical (unpaired) electrons. The fourth-order valence-electron chi connectivity index (χ4n) is 2.81. The van der Waals surface area contributed by atoms with Crippen molar-refractivity contribution in [3.8, 4) is 5.75 Å². The Kier molecular flexibility index (Phi) is 2.83. The van der Waals surface area contributed by atoms with Crippen molar-refractivity contribution in [3.63, 3.8) is 0 Å². The second kappa shape index (κ2) is 4.34. The van der Waals surface area contributed by atoms with Crippen molar-refractivity contribution in [2.75, 3.05) is 6.61 Å². The molecular formula is C15H20O2. The van der Waals surface area contributed by atoms with Gasteiger partial charge in [-0.25, -0.2) is 0 Å². The molecule has 0 bridgehead atoms. The molecule has 1 aromatic rings. The van der Waals surface area contributed by atoms with Gasteiger partial charge in [-0.05, 0) is 38.3 Å². The van der Waals surface area contributed by atoms with Crippen molar-refractivity contribution in [1.29, 1.82) is 0 Å². The molecule has 1 aliphatic carbocycles. The molecule has 1 heterocycles. The molecule has 1 saturated carbocycles. The molecule has 1 aliphatic heterocycles. The summed E-state index contributed by atoms with van der Waals surface area (Å²) >= 11 is 0. The summed E-state index contributed by atoms with van der Waals surface area (Å²) in [6.45, 7) is 2.96. The minimum atomic E-state index is 0.174. The molecule has 2 heteroatoms. The first-order valence-electron chi connectivity index (χ1n) is 6.63. The lowest BCUT2D eigenvalue weighted by atomic mass is 9.74. The quantitative estimate of drug-likeness (QED) is 0.777. The molecule has 92 valence electrons. The van der Waals surface area contributed by atoms with E-state index in [0.717, 1.165) is 25.2 Å². The molecular weight excluding hydrogens is 212 g/mol. The lowest BCUT2D eigenvalue weighted by Gasteiger charge is -2.46. The van der Waals surface area contributed by atoms with E-state index >= 15 is 0 Å². The average Bonchev–Trinajstić information content (AvgIpc) is 2.31. The van der Waals surface area contributed by atoms with Crippen LogP contribution in [0.3, 0.4) is 0 Å². The molecule has 2 nitrogen and oxygen atoms in total. The predicted molar refractivity (Wildman–Crippen MR) is 67.4 cm³/mol. The molecule has 2 fully saturated rings. The van der Waals surface area contributed by atoms with Crippen LogP contribution in [0.2, 0.25) is 0 Å². The zero-order valence-corrected chi connectivity index (χ0v) is 10.4. The van der Waals surface area contributed by atoms with Crippen molar-refractivity contribution in [2.45, 2.75) is 50.7 Å². The molecule has 1 aromatic carbocycles. The Morgan fingerprint density at radius 3 is 2.65 bits per heavy atom. The van der Waals surface area contributed by atoms with Crippen LogP contribution >= 0.6 is 0 Å². The van der Waals surface area contributed by atoms with Crippen LogP contribution in [0.5, 0.6) is 5.75 Å². The summed E-state index contributed by atoms with van der Waals surface area (Å²) in [6, 6.07) is 8.35. The minimum Gasteiger partial charge on any atom is -0.490 e. The van der Waals surface area contributed by atoms with Crippen LogP contribution in [0.4, 0.5) is 0 Å². The first-order chi connectivity index (χ1) is 8.26. The van der Waals surface area contributed by atoms with Gasteiger partial charge in [0.25, 0.3) is 0 Å². The van der Waals surface area contributed by atoms with Crippen LogP contribution in [0.1, 0.15) is 37.7 Å². The van der Waals surface area contributed by atoms with Gasteiger partial charge in [0.2, 0.25) is 0 Å². The summed E-state index contributed by atoms with van der Waals surface area (Å²) in [5.41, 5.74) is 1.45. The van der Waals surface area contributed by atoms with Crippen LogP contribution in [0, 0.1) is 6.92 Å². The number of rotatable bonds is 2. The van der Waals surface area contributed by atoms with Crippen LogP contribution in [-0.4, -0.2) is 18.3 Å². The second-order valence-electron chi connectivity index (χ2n) is 5.43. The monoisotopic (exact) mass is 232 g/mol. The topological polar surface area (TPSA) is 18.5 Å². The Hall–Kier alpha value is -1.02. The highest BCUT2D eigenvalue weighted by Crippen LogP contribution is 2.43. The van der Waals surface area contributed by atoms with Crippen molar-refractivity contribution in [1.82, 2.24) is 0 Å². The van der Waals surface area contributed by atoms with E-state index in [9.17, 15) is 0 Å². The van der Waals surface area contributed by atoms with Crippen LogP contribution < -0.4 is 4.74 Å². The van der Waals surface area contributed by atoms with E-state index < -0.39 is 0 Å². The van der Waals surface area contributed by atoms with E-state index in [4.69, 9.17) is 9.47 Å². The Bertz CT molecular complexity index is 378. The van der Waals surface area contributed by atoms with Gasteiger partial charge in [0.1, 0.15) is 11.9 Å². The van der Waals surface area contributed by atoms with E-state index in [-0.39, 0.29) is 5.60 Å². The zero-order chi connectivity index (χ0) is 11.7. The molecule has 17 heavy (non-hydrogen) atoms. The molecule has 1 unspecified atom stereocenters. The number of hydrogen-bond donors (Lipinski definition) is 0. The number of ether oxygens (including phenoxy) is 2. The van der Waals surface area contributed by atoms with Crippen LogP contribution in [0.25, 0.3) is 0 Å². The Balaban J connectivity index is 1.63. The Morgan fingerprint density at radius 1 is 1.24 bits per heavy atom. The highest BCUT2D eigenvalue weighted by atomic mass is 16.5. The first kappa shape index (κ1) is 11.1. The molecule has 0 N–H and O–H groups in total. The smallest absolute Gasteiger partial charge is 0.119 e. The normalized spacial score (nSPS) is 26.5. The average molecular weight is 232 g/mol. The van der Waals surface area contributed by atoms with Gasteiger partial charge in [0, 0.05) is 12.8 Å². The summed E-state index contributed by atoms with van der Waals surface area (Å²) < 4.78 is 12.0. The van der Waals surface area contributed by atoms with Gasteiger partial charge in [-0.2, -0.15) is 0 Å². The van der Waals surface area contributed by atoms with Gasteiger partial charge in [-0.1, -0.05) is 17.7 Å². The third-order valence-corrected chi connectivity index (χ3v) is 4.04. The summed E-state index contributed by atoms with van der Waals surface area (Å²) in [5, 5.41) is 0. The number of hydrogen-bond acceptors (Lipinski definition) is 2. The molecule has 1 atom stereocenters. The standard InChI is InChI=1S/C15H20O2/c1-12-3-5-13(6-4-12)17-14-7-10-16-15(11-14)8-2-9-15/h3-6,14H,2,7-11H2,1H3. The van der Waals surface area contributed by atoms with E-state index in [1.165, 1.54) is 24.8 Å². The van der Waals surface area contributed by atoms with Crippen LogP contribution in [-0.2, 0) is 4.74 Å². The summed E-state index contributed by atoms with van der Waals surface area (Å²) in [4.78, 5) is 0. The SMILES string of the molecule is Cc1ccc(OC2CCOC3(CCC3)C2)cc1. The summed E-state index contributed by atoms with van der Waals surface area (Å²) in [5.74, 6) is 0.997. The van der Waals surface area contributed by atoms with E-state index in [2.05, 4.69) is 31.2 Å². The van der Waals surface area contributed by atoms with Crippen molar-refractivity contribution in [3.05, 3.63) is 29.8 Å². The lowest BCUT2D eigenvalue weighted by molar-refractivity contribution is -0.153. The molecule has 0 amide bonds. The van der Waals surface area contributed by atoms with Gasteiger partial charge in [0.15, 0.2) is 0 Å². The Labute approximate surface area is 103 Å². The van der Waals surface area contributed by atoms with E-state index in [1.807, 2.05) is 0 Å². The molecule has 2 aliphatic rings. The number of aryl methyl sites for hydroxylation is 1. The maximum Gasteiger partial charge on any atom is 0.119 e. The highest BCUT2D eigenvalue weighted by molar-refractivity contribution is 5.26. The zero-order valence-electron chi connectivity index (χ0n) is 10.4. The summed E-state index contributed by atoms with van der Waals surface area (Å²) in [6.07, 6.45) is 6.20. The fraction of sp³-hybridized carbons (Fsp3) is 0.600. The van der Waals surface area contributed by atoms with Crippen LogP contribution in [0.15, 0.2) is 24.3 Å². The van der Waals surface area contributed by atoms with Crippen molar-refractivity contribution < 1.29 is 9.47 Å². The fourth-order valence-corrected chi connectivity index (χ4v) is 2.81. The van der Waals surface area contributed by atoms with Crippen molar-refractivity contribution >= 4 is 0 Å². The third-order valence-electron chi connectivity index (χ3n) is 4.04. The highest BCUT2D eigenvalue weighted by Gasteiger charge is 2.43. The first-order valence-corrected chi connectivity index (χ1v) is 6.63. The van der Waals surface area contributed by atoms with Gasteiger partial charge in [-0.3, -0.25) is 0 Å². The van der Waals surface area contributed by atoms with E-state index in [0.29, 0.717) is 6.10 Å². The minimum absolute atomic E-state index is 0.174. The molecule has 1 saturated heterocycles. The molecule has 1 spiro atoms. The largest absolute Gasteiger partial charge is 0.490 e. The van der Waals surface area contributed by atoms with Gasteiger partial charge < -0.3 is 9.47 Å². The number of benzene rings is 1. The summed E-state index contributed by atoms with van der Waals surface area (Å²) in [7, 11) is 0. The van der Waals surface area contributed by atoms with Crippen molar-refractivity contribution in [2.24, 2.45) is 0 Å². The third kappa shape index (κ3) is 2.32. The lowest BCUT2D eigenvalue weighted by Crippen LogP contribution is -2.48. The molecule has 0 aromatic heterocycles. The predicted octanol–water partition coefficient (Wildman–Crippen LogP) is 3.48.